The molecule has 5 rings (SSSR count). The minimum absolute atomic E-state index is 0.0399. The van der Waals surface area contributed by atoms with Gasteiger partial charge in [-0.25, -0.2) is 4.98 Å². The van der Waals surface area contributed by atoms with Gasteiger partial charge in [0.25, 0.3) is 5.91 Å². The van der Waals surface area contributed by atoms with Crippen molar-refractivity contribution in [3.8, 4) is 17.2 Å². The zero-order valence-electron chi connectivity index (χ0n) is 21.0. The summed E-state index contributed by atoms with van der Waals surface area (Å²) in [5.41, 5.74) is 1.44. The van der Waals surface area contributed by atoms with Crippen LogP contribution in [0.1, 0.15) is 60.5 Å². The molecular weight excluding hydrogens is 468 g/mol. The van der Waals surface area contributed by atoms with Gasteiger partial charge in [0.05, 0.1) is 32.9 Å². The monoisotopic (exact) mass is 500 g/mol. The van der Waals surface area contributed by atoms with E-state index in [2.05, 4.69) is 19.2 Å². The van der Waals surface area contributed by atoms with Crippen molar-refractivity contribution >= 4 is 28.3 Å². The molecule has 1 aromatic heterocycles. The maximum Gasteiger partial charge on any atom is 0.309 e. The summed E-state index contributed by atoms with van der Waals surface area (Å²) in [5.74, 6) is 1.49. The Kier molecular flexibility index (Phi) is 5.94. The highest BCUT2D eigenvalue weighted by Crippen LogP contribution is 2.59. The van der Waals surface area contributed by atoms with Crippen molar-refractivity contribution in [1.29, 1.82) is 0 Å². The summed E-state index contributed by atoms with van der Waals surface area (Å²) in [7, 11) is 4.55. The number of hydrogen-bond donors (Lipinski definition) is 1. The summed E-state index contributed by atoms with van der Waals surface area (Å²) in [5, 5.41) is 3.53. The maximum atomic E-state index is 13.1. The number of thiazole rings is 1. The van der Waals surface area contributed by atoms with Gasteiger partial charge in [0.1, 0.15) is 6.10 Å². The van der Waals surface area contributed by atoms with Crippen molar-refractivity contribution in [3.05, 3.63) is 28.3 Å². The van der Waals surface area contributed by atoms with Gasteiger partial charge < -0.3 is 18.9 Å². The van der Waals surface area contributed by atoms with Crippen LogP contribution in [-0.2, 0) is 16.0 Å². The Balaban J connectivity index is 1.42. The highest BCUT2D eigenvalue weighted by atomic mass is 32.1. The molecule has 0 bridgehead atoms. The van der Waals surface area contributed by atoms with Gasteiger partial charge in [-0.3, -0.25) is 14.9 Å². The van der Waals surface area contributed by atoms with Crippen LogP contribution in [0.2, 0.25) is 0 Å². The summed E-state index contributed by atoms with van der Waals surface area (Å²) in [6, 6.07) is 3.25. The van der Waals surface area contributed by atoms with E-state index in [1.165, 1.54) is 37.5 Å². The first kappa shape index (κ1) is 23.9. The van der Waals surface area contributed by atoms with Crippen molar-refractivity contribution in [3.63, 3.8) is 0 Å². The van der Waals surface area contributed by atoms with Gasteiger partial charge in [-0.1, -0.05) is 20.8 Å². The van der Waals surface area contributed by atoms with Gasteiger partial charge in [0, 0.05) is 28.2 Å². The predicted molar refractivity (Wildman–Crippen MR) is 132 cm³/mol. The Morgan fingerprint density at radius 3 is 2.46 bits per heavy atom. The number of carbonyl (C=O) groups is 2. The van der Waals surface area contributed by atoms with Crippen LogP contribution in [0.4, 0.5) is 5.13 Å². The smallest absolute Gasteiger partial charge is 0.309 e. The number of fused-ring (bicyclic) bond motifs is 4. The number of benzene rings is 1. The number of amides is 1. The van der Waals surface area contributed by atoms with E-state index < -0.39 is 0 Å². The Hall–Kier alpha value is -2.81. The molecule has 0 spiro atoms. The summed E-state index contributed by atoms with van der Waals surface area (Å²) in [6.45, 7) is 6.50. The lowest BCUT2D eigenvalue weighted by atomic mass is 9.54. The van der Waals surface area contributed by atoms with E-state index in [9.17, 15) is 9.59 Å². The molecule has 35 heavy (non-hydrogen) atoms. The number of rotatable bonds is 5. The van der Waals surface area contributed by atoms with Crippen LogP contribution in [-0.4, -0.2) is 44.3 Å². The van der Waals surface area contributed by atoms with Crippen LogP contribution in [0.15, 0.2) is 12.1 Å². The molecule has 8 nitrogen and oxygen atoms in total. The molecular formula is C26H32N2O6S. The van der Waals surface area contributed by atoms with Crippen LogP contribution in [0.3, 0.4) is 0 Å². The third kappa shape index (κ3) is 3.75. The Labute approximate surface area is 209 Å². The zero-order chi connectivity index (χ0) is 25.1. The first-order chi connectivity index (χ1) is 16.7. The van der Waals surface area contributed by atoms with Gasteiger partial charge in [-0.2, -0.15) is 0 Å². The molecule has 1 saturated carbocycles. The molecule has 2 aromatic rings. The number of nitrogens with one attached hydrogen (secondary N) is 1. The number of carbonyl (C=O) groups excluding carboxylic acids is 2. The standard InChI is InChI=1S/C26H32N2O6S/c1-12-15-7-8-26(3)11-18-20(13(2)19(26)21(15)34-24(12)30)27-25(35-18)28-23(29)14-9-16(31-4)22(33-6)17(10-14)32-5/h9-10,12-13,15,19,21H,7-8,11H2,1-6H3,(H,27,28,29)/t12-,13+,15-,19+,21+,26+/m0/s1. The molecule has 6 atom stereocenters. The van der Waals surface area contributed by atoms with Crippen molar-refractivity contribution in [2.24, 2.45) is 23.2 Å². The Morgan fingerprint density at radius 1 is 1.14 bits per heavy atom. The molecule has 188 valence electrons. The van der Waals surface area contributed by atoms with Crippen LogP contribution >= 0.6 is 11.3 Å². The lowest BCUT2D eigenvalue weighted by molar-refractivity contribution is -0.149. The predicted octanol–water partition coefficient (Wildman–Crippen LogP) is 4.67. The van der Waals surface area contributed by atoms with Crippen molar-refractivity contribution < 1.29 is 28.5 Å². The number of nitrogens with zero attached hydrogens (tertiary/aromatic N) is 1. The maximum absolute atomic E-state index is 13.1. The van der Waals surface area contributed by atoms with Gasteiger partial charge in [0.2, 0.25) is 5.75 Å². The fourth-order valence-electron chi connectivity index (χ4n) is 6.51. The number of ether oxygens (including phenoxy) is 4. The van der Waals surface area contributed by atoms with Crippen LogP contribution < -0.4 is 19.5 Å². The average molecular weight is 501 g/mol. The summed E-state index contributed by atoms with van der Waals surface area (Å²) in [4.78, 5) is 31.5. The molecule has 1 N–H and O–H groups in total. The number of methoxy groups -OCH3 is 3. The number of esters is 1. The largest absolute Gasteiger partial charge is 0.493 e. The molecule has 1 aromatic carbocycles. The van der Waals surface area contributed by atoms with E-state index in [1.54, 1.807) is 12.1 Å². The lowest BCUT2D eigenvalue weighted by Gasteiger charge is -2.51. The first-order valence-electron chi connectivity index (χ1n) is 12.0. The van der Waals surface area contributed by atoms with Crippen molar-refractivity contribution in [2.45, 2.75) is 52.1 Å². The van der Waals surface area contributed by atoms with Crippen LogP contribution in [0.25, 0.3) is 0 Å². The third-order valence-corrected chi connectivity index (χ3v) is 9.29. The van der Waals surface area contributed by atoms with Crippen molar-refractivity contribution in [1.82, 2.24) is 4.98 Å². The number of anilines is 1. The second-order valence-electron chi connectivity index (χ2n) is 10.2. The zero-order valence-corrected chi connectivity index (χ0v) is 21.8. The van der Waals surface area contributed by atoms with E-state index >= 15 is 0 Å². The molecule has 9 heteroatoms. The van der Waals surface area contributed by atoms with Gasteiger partial charge in [0.15, 0.2) is 16.6 Å². The average Bonchev–Trinajstić information content (AvgIpc) is 3.36. The SMILES string of the molecule is COc1cc(C(=O)Nc2nc3c(s2)C[C@@]2(C)CC[C@@H]4[C@@H](OC(=O)[C@H]4C)[C@H]2[C@H]3C)cc(OC)c1OC. The molecule has 2 fully saturated rings. The van der Waals surface area contributed by atoms with Gasteiger partial charge >= 0.3 is 5.97 Å². The number of hydrogen-bond acceptors (Lipinski definition) is 8. The van der Waals surface area contributed by atoms with Crippen LogP contribution in [0.5, 0.6) is 17.2 Å². The molecule has 2 heterocycles. The Morgan fingerprint density at radius 2 is 1.83 bits per heavy atom. The molecule has 3 aliphatic rings. The van der Waals surface area contributed by atoms with Gasteiger partial charge in [-0.05, 0) is 36.8 Å². The molecule has 1 aliphatic heterocycles. The summed E-state index contributed by atoms with van der Waals surface area (Å²) < 4.78 is 22.0. The molecule has 1 saturated heterocycles. The third-order valence-electron chi connectivity index (χ3n) is 8.31. The fourth-order valence-corrected chi connectivity index (χ4v) is 7.77. The topological polar surface area (TPSA) is 96.0 Å². The Bertz CT molecular complexity index is 1150. The summed E-state index contributed by atoms with van der Waals surface area (Å²) >= 11 is 1.53. The number of aromatic nitrogens is 1. The second kappa shape index (κ2) is 8.69. The second-order valence-corrected chi connectivity index (χ2v) is 11.3. The molecule has 2 aliphatic carbocycles. The van der Waals surface area contributed by atoms with Crippen LogP contribution in [0, 0.1) is 23.2 Å². The lowest BCUT2D eigenvalue weighted by Crippen LogP contribution is -2.50. The minimum Gasteiger partial charge on any atom is -0.493 e. The van der Waals surface area contributed by atoms with Crippen molar-refractivity contribution in [2.75, 3.05) is 26.6 Å². The van der Waals surface area contributed by atoms with E-state index in [1.807, 2.05) is 6.92 Å². The van der Waals surface area contributed by atoms with Gasteiger partial charge in [-0.15, -0.1) is 11.3 Å². The van der Waals surface area contributed by atoms with E-state index in [0.717, 1.165) is 25.0 Å². The van der Waals surface area contributed by atoms with E-state index in [-0.39, 0.29) is 47.1 Å². The van der Waals surface area contributed by atoms with E-state index in [0.29, 0.717) is 27.9 Å². The quantitative estimate of drug-likeness (QED) is 0.596. The first-order valence-corrected chi connectivity index (χ1v) is 12.8. The summed E-state index contributed by atoms with van der Waals surface area (Å²) in [6.07, 6.45) is 2.90. The minimum atomic E-state index is -0.301. The highest BCUT2D eigenvalue weighted by molar-refractivity contribution is 7.15. The van der Waals surface area contributed by atoms with E-state index in [4.69, 9.17) is 23.9 Å². The molecule has 1 amide bonds. The normalized spacial score (nSPS) is 31.0. The fraction of sp³-hybridized carbons (Fsp3) is 0.577. The highest BCUT2D eigenvalue weighted by Gasteiger charge is 2.58. The molecule has 0 unspecified atom stereocenters. The molecule has 0 radical (unpaired) electrons.